The van der Waals surface area contributed by atoms with Crippen LogP contribution in [0.4, 0.5) is 0 Å². The molecule has 0 aromatic heterocycles. The van der Waals surface area contributed by atoms with Crippen molar-refractivity contribution in [2.45, 2.75) is 25.0 Å². The van der Waals surface area contributed by atoms with E-state index in [1.165, 1.54) is 22.3 Å². The molecule has 102 valence electrons. The monoisotopic (exact) mass is 280 g/mol. The summed E-state index contributed by atoms with van der Waals surface area (Å²) in [7, 11) is 0. The lowest BCUT2D eigenvalue weighted by Gasteiger charge is -2.39. The topological polar surface area (TPSA) is 0 Å². The molecule has 0 N–H and O–H groups in total. The van der Waals surface area contributed by atoms with Crippen molar-refractivity contribution in [3.05, 3.63) is 82.9 Å². The second-order valence-corrected chi connectivity index (χ2v) is 6.86. The molecular formula is C19H20S. The van der Waals surface area contributed by atoms with E-state index in [9.17, 15) is 0 Å². The smallest absolute Gasteiger partial charge is 0.0697 e. The SMILES string of the molecule is CC1=C(C)CC(c2ccccc2)(c2ccccc2)SC1. The predicted molar refractivity (Wildman–Crippen MR) is 89.1 cm³/mol. The maximum absolute atomic E-state index is 2.29. The molecule has 3 rings (SSSR count). The van der Waals surface area contributed by atoms with Gasteiger partial charge in [-0.05, 0) is 31.4 Å². The van der Waals surface area contributed by atoms with Crippen LogP contribution in [-0.2, 0) is 4.75 Å². The molecule has 0 saturated carbocycles. The van der Waals surface area contributed by atoms with E-state index in [4.69, 9.17) is 0 Å². The normalized spacial score (nSPS) is 18.1. The van der Waals surface area contributed by atoms with Crippen LogP contribution in [0, 0.1) is 0 Å². The van der Waals surface area contributed by atoms with E-state index in [1.54, 1.807) is 0 Å². The fourth-order valence-electron chi connectivity index (χ4n) is 2.88. The summed E-state index contributed by atoms with van der Waals surface area (Å²) in [6, 6.07) is 21.9. The molecular weight excluding hydrogens is 260 g/mol. The predicted octanol–water partition coefficient (Wildman–Crippen LogP) is 5.40. The Kier molecular flexibility index (Phi) is 3.71. The molecule has 0 bridgehead atoms. The number of thioether (sulfide) groups is 1. The van der Waals surface area contributed by atoms with Crippen molar-refractivity contribution < 1.29 is 0 Å². The summed E-state index contributed by atoms with van der Waals surface area (Å²) in [6.07, 6.45) is 1.11. The standard InChI is InChI=1S/C19H20S/c1-15-13-19(20-14-16(15)2,17-9-5-3-6-10-17)18-11-7-4-8-12-18/h3-12H,13-14H2,1-2H3. The highest BCUT2D eigenvalue weighted by Crippen LogP contribution is 2.51. The Labute approximate surface area is 125 Å². The van der Waals surface area contributed by atoms with Crippen LogP contribution in [0.3, 0.4) is 0 Å². The summed E-state index contributed by atoms with van der Waals surface area (Å²) in [5, 5.41) is 0. The summed E-state index contributed by atoms with van der Waals surface area (Å²) < 4.78 is 0.0755. The average molecular weight is 280 g/mol. The van der Waals surface area contributed by atoms with Gasteiger partial charge in [-0.15, -0.1) is 11.8 Å². The van der Waals surface area contributed by atoms with Gasteiger partial charge >= 0.3 is 0 Å². The lowest BCUT2D eigenvalue weighted by Crippen LogP contribution is -2.28. The molecule has 0 radical (unpaired) electrons. The molecule has 0 saturated heterocycles. The highest BCUT2D eigenvalue weighted by atomic mass is 32.2. The first kappa shape index (κ1) is 13.5. The zero-order chi connectivity index (χ0) is 14.0. The minimum atomic E-state index is 0.0755. The van der Waals surface area contributed by atoms with Crippen molar-refractivity contribution in [3.63, 3.8) is 0 Å². The zero-order valence-electron chi connectivity index (χ0n) is 12.1. The maximum Gasteiger partial charge on any atom is 0.0697 e. The van der Waals surface area contributed by atoms with Crippen molar-refractivity contribution in [2.75, 3.05) is 5.75 Å². The van der Waals surface area contributed by atoms with Crippen LogP contribution in [0.1, 0.15) is 31.4 Å². The van der Waals surface area contributed by atoms with Gasteiger partial charge in [-0.3, -0.25) is 0 Å². The van der Waals surface area contributed by atoms with E-state index in [0.717, 1.165) is 12.2 Å². The summed E-state index contributed by atoms with van der Waals surface area (Å²) >= 11 is 2.07. The van der Waals surface area contributed by atoms with Gasteiger partial charge in [-0.1, -0.05) is 71.8 Å². The molecule has 2 aromatic carbocycles. The van der Waals surface area contributed by atoms with Gasteiger partial charge in [0.05, 0.1) is 4.75 Å². The van der Waals surface area contributed by atoms with Crippen molar-refractivity contribution in [2.24, 2.45) is 0 Å². The molecule has 2 aromatic rings. The van der Waals surface area contributed by atoms with Gasteiger partial charge in [-0.2, -0.15) is 0 Å². The van der Waals surface area contributed by atoms with Crippen LogP contribution in [0.5, 0.6) is 0 Å². The Bertz CT molecular complexity index is 571. The van der Waals surface area contributed by atoms with Gasteiger partial charge in [0.2, 0.25) is 0 Å². The third-order valence-electron chi connectivity index (χ3n) is 4.26. The molecule has 0 fully saturated rings. The lowest BCUT2D eigenvalue weighted by molar-refractivity contribution is 0.712. The van der Waals surface area contributed by atoms with Crippen LogP contribution in [0.2, 0.25) is 0 Å². The molecule has 1 aliphatic heterocycles. The number of benzene rings is 2. The van der Waals surface area contributed by atoms with Gasteiger partial charge in [0, 0.05) is 5.75 Å². The molecule has 20 heavy (non-hydrogen) atoms. The van der Waals surface area contributed by atoms with Crippen molar-refractivity contribution >= 4 is 11.8 Å². The first-order valence-electron chi connectivity index (χ1n) is 7.12. The highest BCUT2D eigenvalue weighted by Gasteiger charge is 2.37. The Morgan fingerprint density at radius 1 is 0.750 bits per heavy atom. The number of allylic oxidation sites excluding steroid dienone is 1. The van der Waals surface area contributed by atoms with Crippen LogP contribution < -0.4 is 0 Å². The van der Waals surface area contributed by atoms with E-state index in [2.05, 4.69) is 86.3 Å². The quantitative estimate of drug-likeness (QED) is 0.663. The molecule has 0 spiro atoms. The van der Waals surface area contributed by atoms with Gasteiger partial charge < -0.3 is 0 Å². The molecule has 0 amide bonds. The highest BCUT2D eigenvalue weighted by molar-refractivity contribution is 8.00. The summed E-state index contributed by atoms with van der Waals surface area (Å²) in [4.78, 5) is 0. The molecule has 0 atom stereocenters. The lowest BCUT2D eigenvalue weighted by atomic mass is 9.84. The summed E-state index contributed by atoms with van der Waals surface area (Å²) in [5.41, 5.74) is 5.92. The van der Waals surface area contributed by atoms with Gasteiger partial charge in [0.25, 0.3) is 0 Å². The molecule has 0 aliphatic carbocycles. The van der Waals surface area contributed by atoms with Gasteiger partial charge in [-0.25, -0.2) is 0 Å². The van der Waals surface area contributed by atoms with E-state index in [1.807, 2.05) is 0 Å². The first-order chi connectivity index (χ1) is 9.72. The summed E-state index contributed by atoms with van der Waals surface area (Å²) in [6.45, 7) is 4.55. The van der Waals surface area contributed by atoms with Crippen molar-refractivity contribution in [1.82, 2.24) is 0 Å². The molecule has 0 unspecified atom stereocenters. The largest absolute Gasteiger partial charge is 0.141 e. The third kappa shape index (κ3) is 2.31. The minimum absolute atomic E-state index is 0.0755. The number of hydrogen-bond donors (Lipinski definition) is 0. The fourth-order valence-corrected chi connectivity index (χ4v) is 4.52. The van der Waals surface area contributed by atoms with Crippen molar-refractivity contribution in [1.29, 1.82) is 0 Å². The van der Waals surface area contributed by atoms with E-state index in [0.29, 0.717) is 0 Å². The van der Waals surface area contributed by atoms with Gasteiger partial charge in [0.1, 0.15) is 0 Å². The van der Waals surface area contributed by atoms with Crippen LogP contribution in [0.15, 0.2) is 71.8 Å². The molecule has 1 heterocycles. The van der Waals surface area contributed by atoms with Crippen molar-refractivity contribution in [3.8, 4) is 0 Å². The maximum atomic E-state index is 2.29. The van der Waals surface area contributed by atoms with Gasteiger partial charge in [0.15, 0.2) is 0 Å². The van der Waals surface area contributed by atoms with Crippen LogP contribution >= 0.6 is 11.8 Å². The zero-order valence-corrected chi connectivity index (χ0v) is 12.9. The Hall–Kier alpha value is -1.47. The number of hydrogen-bond acceptors (Lipinski definition) is 1. The first-order valence-corrected chi connectivity index (χ1v) is 8.11. The van der Waals surface area contributed by atoms with E-state index < -0.39 is 0 Å². The molecule has 0 nitrogen and oxygen atoms in total. The molecule has 1 aliphatic rings. The van der Waals surface area contributed by atoms with E-state index >= 15 is 0 Å². The summed E-state index contributed by atoms with van der Waals surface area (Å²) in [5.74, 6) is 1.12. The van der Waals surface area contributed by atoms with Crippen LogP contribution in [0.25, 0.3) is 0 Å². The Morgan fingerprint density at radius 3 is 1.70 bits per heavy atom. The fraction of sp³-hybridized carbons (Fsp3) is 0.263. The Balaban J connectivity index is 2.15. The third-order valence-corrected chi connectivity index (χ3v) is 5.94. The molecule has 1 heteroatoms. The van der Waals surface area contributed by atoms with E-state index in [-0.39, 0.29) is 4.75 Å². The second-order valence-electron chi connectivity index (χ2n) is 5.59. The average Bonchev–Trinajstić information content (AvgIpc) is 2.52. The van der Waals surface area contributed by atoms with Crippen LogP contribution in [-0.4, -0.2) is 5.75 Å². The number of rotatable bonds is 2. The second kappa shape index (κ2) is 5.49. The minimum Gasteiger partial charge on any atom is -0.141 e. The Morgan fingerprint density at radius 2 is 1.25 bits per heavy atom.